The lowest BCUT2D eigenvalue weighted by molar-refractivity contribution is 0.0947. The van der Waals surface area contributed by atoms with Gasteiger partial charge in [-0.15, -0.1) is 16.4 Å². The van der Waals surface area contributed by atoms with Crippen molar-refractivity contribution in [3.05, 3.63) is 93.2 Å². The fourth-order valence-corrected chi connectivity index (χ4v) is 4.86. The van der Waals surface area contributed by atoms with E-state index in [4.69, 9.17) is 23.2 Å². The number of hydrogen-bond acceptors (Lipinski definition) is 6. The second-order valence-electron chi connectivity index (χ2n) is 7.15. The summed E-state index contributed by atoms with van der Waals surface area (Å²) in [5, 5.41) is 12.4. The van der Waals surface area contributed by atoms with Crippen LogP contribution in [-0.2, 0) is 13.1 Å². The van der Waals surface area contributed by atoms with Gasteiger partial charge in [-0.3, -0.25) is 9.78 Å². The Morgan fingerprint density at radius 3 is 2.52 bits per heavy atom. The molecule has 0 aliphatic carbocycles. The number of nitrogens with zero attached hydrogens (tertiary/aromatic N) is 5. The summed E-state index contributed by atoms with van der Waals surface area (Å²) < 4.78 is 1.64. The molecule has 0 aliphatic rings. The predicted octanol–water partition coefficient (Wildman–Crippen LogP) is 5.23. The average molecular weight is 495 g/mol. The second kappa shape index (κ2) is 9.27. The van der Waals surface area contributed by atoms with E-state index in [1.165, 1.54) is 11.3 Å². The molecule has 0 aliphatic heterocycles. The van der Waals surface area contributed by atoms with E-state index in [1.54, 1.807) is 35.3 Å². The molecular formula is C23H16Cl2N6OS. The smallest absolute Gasteiger partial charge is 0.274 e. The highest BCUT2D eigenvalue weighted by Gasteiger charge is 2.22. The van der Waals surface area contributed by atoms with Crippen molar-refractivity contribution in [3.63, 3.8) is 0 Å². The molecule has 5 rings (SSSR count). The lowest BCUT2D eigenvalue weighted by atomic mass is 10.1. The zero-order valence-corrected chi connectivity index (χ0v) is 19.4. The molecule has 0 saturated heterocycles. The number of aromatic nitrogens is 5. The molecule has 0 radical (unpaired) electrons. The van der Waals surface area contributed by atoms with Crippen LogP contribution in [0.4, 0.5) is 0 Å². The van der Waals surface area contributed by atoms with Gasteiger partial charge >= 0.3 is 0 Å². The number of carbonyl (C=O) groups is 1. The molecule has 0 spiro atoms. The van der Waals surface area contributed by atoms with Crippen molar-refractivity contribution in [1.82, 2.24) is 30.3 Å². The van der Waals surface area contributed by atoms with Crippen molar-refractivity contribution in [3.8, 4) is 11.3 Å². The summed E-state index contributed by atoms with van der Waals surface area (Å²) in [6.07, 6.45) is 3.30. The molecular weight excluding hydrogens is 479 g/mol. The third kappa shape index (κ3) is 4.45. The quantitative estimate of drug-likeness (QED) is 0.349. The van der Waals surface area contributed by atoms with Crippen LogP contribution in [-0.4, -0.2) is 30.9 Å². The van der Waals surface area contributed by atoms with Crippen LogP contribution in [0, 0.1) is 0 Å². The molecule has 1 N–H and O–H groups in total. The Labute approximate surface area is 203 Å². The van der Waals surface area contributed by atoms with Gasteiger partial charge in [-0.05, 0) is 18.2 Å². The Morgan fingerprint density at radius 2 is 1.76 bits per heavy atom. The third-order valence-electron chi connectivity index (χ3n) is 5.01. The van der Waals surface area contributed by atoms with Crippen LogP contribution in [0.2, 0.25) is 10.0 Å². The largest absolute Gasteiger partial charge is 0.346 e. The highest BCUT2D eigenvalue weighted by molar-refractivity contribution is 7.18. The second-order valence-corrected chi connectivity index (χ2v) is 9.08. The molecule has 7 nitrogen and oxygen atoms in total. The predicted molar refractivity (Wildman–Crippen MR) is 130 cm³/mol. The van der Waals surface area contributed by atoms with E-state index in [2.05, 4.69) is 25.6 Å². The lowest BCUT2D eigenvalue weighted by Crippen LogP contribution is -2.23. The van der Waals surface area contributed by atoms with E-state index >= 15 is 0 Å². The molecule has 0 atom stereocenters. The van der Waals surface area contributed by atoms with Crippen molar-refractivity contribution < 1.29 is 4.79 Å². The Morgan fingerprint density at radius 1 is 1.00 bits per heavy atom. The first-order chi connectivity index (χ1) is 16.1. The van der Waals surface area contributed by atoms with E-state index in [-0.39, 0.29) is 18.1 Å². The number of amides is 1. The molecule has 0 unspecified atom stereocenters. The first-order valence-electron chi connectivity index (χ1n) is 9.99. The van der Waals surface area contributed by atoms with Gasteiger partial charge in [0.05, 0.1) is 13.1 Å². The Hall–Kier alpha value is -3.33. The van der Waals surface area contributed by atoms with Gasteiger partial charge in [-0.2, -0.15) is 0 Å². The van der Waals surface area contributed by atoms with Crippen molar-refractivity contribution in [2.45, 2.75) is 13.1 Å². The monoisotopic (exact) mass is 494 g/mol. The normalized spacial score (nSPS) is 11.1. The molecule has 164 valence electrons. The first kappa shape index (κ1) is 21.5. The van der Waals surface area contributed by atoms with E-state index in [0.717, 1.165) is 20.8 Å². The summed E-state index contributed by atoms with van der Waals surface area (Å²) in [5.41, 5.74) is 3.14. The minimum atomic E-state index is -0.330. The van der Waals surface area contributed by atoms with Crippen LogP contribution >= 0.6 is 34.5 Å². The summed E-state index contributed by atoms with van der Waals surface area (Å²) in [4.78, 5) is 23.5. The Balaban J connectivity index is 1.45. The number of hydrogen-bond donors (Lipinski definition) is 1. The minimum Gasteiger partial charge on any atom is -0.346 e. The van der Waals surface area contributed by atoms with Gasteiger partial charge in [0.1, 0.15) is 16.0 Å². The Kier molecular flexibility index (Phi) is 6.04. The molecule has 33 heavy (non-hydrogen) atoms. The number of carbonyl (C=O) groups excluding carboxylic acids is 1. The van der Waals surface area contributed by atoms with Gasteiger partial charge in [-0.25, -0.2) is 9.67 Å². The molecule has 0 saturated carbocycles. The maximum atomic E-state index is 13.1. The first-order valence-corrected chi connectivity index (χ1v) is 11.6. The van der Waals surface area contributed by atoms with Gasteiger partial charge in [0.15, 0.2) is 5.69 Å². The summed E-state index contributed by atoms with van der Waals surface area (Å²) in [5.74, 6) is -0.330. The number of fused-ring (bicyclic) bond motifs is 1. The van der Waals surface area contributed by atoms with E-state index in [1.807, 2.05) is 36.4 Å². The number of rotatable bonds is 6. The minimum absolute atomic E-state index is 0.224. The van der Waals surface area contributed by atoms with Crippen molar-refractivity contribution in [1.29, 1.82) is 0 Å². The molecule has 3 aromatic heterocycles. The number of halogens is 2. The molecule has 0 bridgehead atoms. The zero-order chi connectivity index (χ0) is 22.8. The van der Waals surface area contributed by atoms with Crippen LogP contribution < -0.4 is 5.32 Å². The molecule has 0 fully saturated rings. The number of thiophene rings is 1. The van der Waals surface area contributed by atoms with Gasteiger partial charge in [0, 0.05) is 38.4 Å². The number of benzene rings is 2. The summed E-state index contributed by atoms with van der Waals surface area (Å²) in [7, 11) is 0. The summed E-state index contributed by atoms with van der Waals surface area (Å²) in [6, 6.07) is 16.8. The van der Waals surface area contributed by atoms with Gasteiger partial charge in [-0.1, -0.05) is 64.8 Å². The maximum Gasteiger partial charge on any atom is 0.274 e. The lowest BCUT2D eigenvalue weighted by Gasteiger charge is -2.11. The van der Waals surface area contributed by atoms with Crippen molar-refractivity contribution >= 4 is 50.8 Å². The third-order valence-corrected chi connectivity index (χ3v) is 6.75. The SMILES string of the molecule is O=C(NCc1cc2nccnc2s1)c1nnn(Cc2c(Cl)cccc2Cl)c1-c1ccccc1. The van der Waals surface area contributed by atoms with E-state index in [9.17, 15) is 4.79 Å². The zero-order valence-electron chi connectivity index (χ0n) is 17.1. The molecule has 1 amide bonds. The maximum absolute atomic E-state index is 13.1. The average Bonchev–Trinajstić information content (AvgIpc) is 3.44. The van der Waals surface area contributed by atoms with Crippen molar-refractivity contribution in [2.75, 3.05) is 0 Å². The van der Waals surface area contributed by atoms with Gasteiger partial charge in [0.2, 0.25) is 0 Å². The highest BCUT2D eigenvalue weighted by Crippen LogP contribution is 2.29. The molecule has 3 heterocycles. The molecule has 5 aromatic rings. The van der Waals surface area contributed by atoms with E-state index in [0.29, 0.717) is 27.8 Å². The standard InChI is InChI=1S/C23H16Cl2N6OS/c24-17-7-4-8-18(25)16(17)13-31-21(14-5-2-1-3-6-14)20(29-30-31)22(32)28-12-15-11-19-23(33-15)27-10-9-26-19/h1-11H,12-13H2,(H,28,32). The summed E-state index contributed by atoms with van der Waals surface area (Å²) >= 11 is 14.2. The van der Waals surface area contributed by atoms with Crippen molar-refractivity contribution in [2.24, 2.45) is 0 Å². The van der Waals surface area contributed by atoms with E-state index < -0.39 is 0 Å². The van der Waals surface area contributed by atoms with Crippen LogP contribution in [0.5, 0.6) is 0 Å². The van der Waals surface area contributed by atoms with Crippen LogP contribution in [0.1, 0.15) is 20.9 Å². The highest BCUT2D eigenvalue weighted by atomic mass is 35.5. The Bertz CT molecular complexity index is 1400. The molecule has 10 heteroatoms. The summed E-state index contributed by atoms with van der Waals surface area (Å²) in [6.45, 7) is 0.607. The fourth-order valence-electron chi connectivity index (χ4n) is 3.45. The molecule has 2 aromatic carbocycles. The number of nitrogens with one attached hydrogen (secondary N) is 1. The van der Waals surface area contributed by atoms with Crippen LogP contribution in [0.15, 0.2) is 67.0 Å². The fraction of sp³-hybridized carbons (Fsp3) is 0.0870. The van der Waals surface area contributed by atoms with Crippen LogP contribution in [0.3, 0.4) is 0 Å². The van der Waals surface area contributed by atoms with Gasteiger partial charge < -0.3 is 5.32 Å². The van der Waals surface area contributed by atoms with Crippen LogP contribution in [0.25, 0.3) is 21.6 Å². The topological polar surface area (TPSA) is 85.6 Å². The van der Waals surface area contributed by atoms with Gasteiger partial charge in [0.25, 0.3) is 5.91 Å².